The molecule has 0 fully saturated rings. The molecule has 0 radical (unpaired) electrons. The van der Waals surface area contributed by atoms with Gasteiger partial charge in [-0.1, -0.05) is 13.0 Å². The van der Waals surface area contributed by atoms with Gasteiger partial charge in [-0.05, 0) is 12.5 Å². The van der Waals surface area contributed by atoms with Gasteiger partial charge in [-0.25, -0.2) is 8.78 Å². The minimum atomic E-state index is -0.724. The Morgan fingerprint density at radius 2 is 2.17 bits per heavy atom. The maximum absolute atomic E-state index is 13.4. The molecule has 0 aliphatic carbocycles. The first kappa shape index (κ1) is 14.1. The fourth-order valence-electron chi connectivity index (χ4n) is 1.57. The van der Waals surface area contributed by atoms with Crippen LogP contribution in [0.15, 0.2) is 18.2 Å². The molecule has 0 aliphatic heterocycles. The van der Waals surface area contributed by atoms with Crippen molar-refractivity contribution >= 4 is 5.91 Å². The Morgan fingerprint density at radius 1 is 1.50 bits per heavy atom. The van der Waals surface area contributed by atoms with Crippen molar-refractivity contribution in [3.05, 3.63) is 35.4 Å². The summed E-state index contributed by atoms with van der Waals surface area (Å²) in [6.45, 7) is 1.75. The van der Waals surface area contributed by atoms with Crippen molar-refractivity contribution in [2.45, 2.75) is 19.9 Å². The van der Waals surface area contributed by atoms with Gasteiger partial charge in [0.05, 0.1) is 6.07 Å². The number of rotatable bonds is 4. The molecule has 5 heteroatoms. The average molecular weight is 252 g/mol. The van der Waals surface area contributed by atoms with Crippen LogP contribution in [0.4, 0.5) is 8.78 Å². The van der Waals surface area contributed by atoms with Crippen LogP contribution in [-0.2, 0) is 11.3 Å². The molecule has 0 saturated carbocycles. The zero-order valence-electron chi connectivity index (χ0n) is 10.3. The van der Waals surface area contributed by atoms with Gasteiger partial charge in [0.15, 0.2) is 0 Å². The van der Waals surface area contributed by atoms with E-state index in [0.717, 1.165) is 12.1 Å². The number of halogens is 2. The SMILES string of the molecule is CCC(C#N)C(=O)N(C)Cc1ccc(F)cc1F. The molecule has 0 spiro atoms. The van der Waals surface area contributed by atoms with Crippen LogP contribution in [0.1, 0.15) is 18.9 Å². The number of nitriles is 1. The van der Waals surface area contributed by atoms with Gasteiger partial charge in [-0.3, -0.25) is 4.79 Å². The molecule has 0 aliphatic rings. The monoisotopic (exact) mass is 252 g/mol. The van der Waals surface area contributed by atoms with E-state index in [1.165, 1.54) is 18.0 Å². The Morgan fingerprint density at radius 3 is 2.67 bits per heavy atom. The van der Waals surface area contributed by atoms with Crippen LogP contribution in [0.2, 0.25) is 0 Å². The molecular formula is C13H14F2N2O. The number of amides is 1. The first-order valence-corrected chi connectivity index (χ1v) is 5.58. The molecule has 1 unspecified atom stereocenters. The average Bonchev–Trinajstić information content (AvgIpc) is 2.34. The third-order valence-electron chi connectivity index (χ3n) is 2.66. The van der Waals surface area contributed by atoms with Crippen LogP contribution < -0.4 is 0 Å². The lowest BCUT2D eigenvalue weighted by atomic mass is 10.1. The number of hydrogen-bond acceptors (Lipinski definition) is 2. The van der Waals surface area contributed by atoms with E-state index in [1.807, 2.05) is 6.07 Å². The smallest absolute Gasteiger partial charge is 0.239 e. The zero-order valence-corrected chi connectivity index (χ0v) is 10.3. The van der Waals surface area contributed by atoms with Crippen molar-refractivity contribution in [1.29, 1.82) is 5.26 Å². The van der Waals surface area contributed by atoms with Crippen molar-refractivity contribution in [1.82, 2.24) is 4.90 Å². The maximum Gasteiger partial charge on any atom is 0.239 e. The van der Waals surface area contributed by atoms with Crippen LogP contribution in [0.5, 0.6) is 0 Å². The zero-order chi connectivity index (χ0) is 13.7. The highest BCUT2D eigenvalue weighted by atomic mass is 19.1. The summed E-state index contributed by atoms with van der Waals surface area (Å²) in [5, 5.41) is 8.78. The first-order valence-electron chi connectivity index (χ1n) is 5.58. The van der Waals surface area contributed by atoms with E-state index in [4.69, 9.17) is 5.26 Å². The maximum atomic E-state index is 13.4. The second kappa shape index (κ2) is 6.10. The molecule has 0 aromatic heterocycles. The highest BCUT2D eigenvalue weighted by molar-refractivity contribution is 5.80. The second-order valence-electron chi connectivity index (χ2n) is 4.02. The normalized spacial score (nSPS) is 11.7. The van der Waals surface area contributed by atoms with Gasteiger partial charge in [0.2, 0.25) is 5.91 Å². The largest absolute Gasteiger partial charge is 0.340 e. The lowest BCUT2D eigenvalue weighted by Crippen LogP contribution is -2.31. The molecule has 1 aromatic rings. The lowest BCUT2D eigenvalue weighted by Gasteiger charge is -2.19. The van der Waals surface area contributed by atoms with Crippen molar-refractivity contribution in [3.63, 3.8) is 0 Å². The predicted molar refractivity (Wildman–Crippen MR) is 62.2 cm³/mol. The van der Waals surface area contributed by atoms with Crippen LogP contribution in [0.25, 0.3) is 0 Å². The lowest BCUT2D eigenvalue weighted by molar-refractivity contribution is -0.133. The minimum Gasteiger partial charge on any atom is -0.340 e. The Balaban J connectivity index is 2.79. The summed E-state index contributed by atoms with van der Waals surface area (Å²) < 4.78 is 26.1. The van der Waals surface area contributed by atoms with Crippen molar-refractivity contribution < 1.29 is 13.6 Å². The molecule has 96 valence electrons. The van der Waals surface area contributed by atoms with Crippen LogP contribution in [-0.4, -0.2) is 17.9 Å². The second-order valence-corrected chi connectivity index (χ2v) is 4.02. The number of benzene rings is 1. The highest BCUT2D eigenvalue weighted by Crippen LogP contribution is 2.13. The van der Waals surface area contributed by atoms with E-state index in [-0.39, 0.29) is 18.0 Å². The molecular weight excluding hydrogens is 238 g/mol. The minimum absolute atomic E-state index is 0.0170. The number of nitrogens with zero attached hydrogens (tertiary/aromatic N) is 2. The number of carbonyl (C=O) groups excluding carboxylic acids is 1. The summed E-state index contributed by atoms with van der Waals surface area (Å²) >= 11 is 0. The molecule has 1 rings (SSSR count). The quantitative estimate of drug-likeness (QED) is 0.826. The molecule has 1 amide bonds. The topological polar surface area (TPSA) is 44.1 Å². The fourth-order valence-corrected chi connectivity index (χ4v) is 1.57. The van der Waals surface area contributed by atoms with Gasteiger partial charge >= 0.3 is 0 Å². The summed E-state index contributed by atoms with van der Waals surface area (Å²) in [7, 11) is 1.49. The molecule has 1 aromatic carbocycles. The van der Waals surface area contributed by atoms with E-state index < -0.39 is 17.6 Å². The Kier molecular flexibility index (Phi) is 4.78. The molecule has 18 heavy (non-hydrogen) atoms. The Bertz CT molecular complexity index is 482. The fraction of sp³-hybridized carbons (Fsp3) is 0.385. The van der Waals surface area contributed by atoms with Crippen molar-refractivity contribution in [2.75, 3.05) is 7.05 Å². The molecule has 0 bridgehead atoms. The number of carbonyl (C=O) groups is 1. The van der Waals surface area contributed by atoms with E-state index in [1.54, 1.807) is 6.92 Å². The molecule has 1 atom stereocenters. The van der Waals surface area contributed by atoms with Gasteiger partial charge in [0, 0.05) is 25.2 Å². The molecule has 3 nitrogen and oxygen atoms in total. The van der Waals surface area contributed by atoms with E-state index >= 15 is 0 Å². The summed E-state index contributed by atoms with van der Waals surface area (Å²) in [6, 6.07) is 5.10. The molecule has 0 N–H and O–H groups in total. The summed E-state index contributed by atoms with van der Waals surface area (Å²) in [4.78, 5) is 13.1. The van der Waals surface area contributed by atoms with Crippen LogP contribution >= 0.6 is 0 Å². The van der Waals surface area contributed by atoms with Gasteiger partial charge in [0.1, 0.15) is 17.6 Å². The van der Waals surface area contributed by atoms with Gasteiger partial charge in [-0.15, -0.1) is 0 Å². The first-order chi connectivity index (χ1) is 8.49. The standard InChI is InChI=1S/C13H14F2N2O/c1-3-9(7-16)13(18)17(2)8-10-4-5-11(14)6-12(10)15/h4-6,9H,3,8H2,1-2H3. The Hall–Kier alpha value is -1.96. The van der Waals surface area contributed by atoms with E-state index in [2.05, 4.69) is 0 Å². The molecule has 0 heterocycles. The van der Waals surface area contributed by atoms with E-state index in [0.29, 0.717) is 6.42 Å². The van der Waals surface area contributed by atoms with Crippen LogP contribution in [0, 0.1) is 28.9 Å². The van der Waals surface area contributed by atoms with Gasteiger partial charge in [-0.2, -0.15) is 5.26 Å². The number of hydrogen-bond donors (Lipinski definition) is 0. The predicted octanol–water partition coefficient (Wildman–Crippen LogP) is 2.47. The third kappa shape index (κ3) is 3.27. The molecule has 0 saturated heterocycles. The summed E-state index contributed by atoms with van der Waals surface area (Å²) in [5.74, 6) is -2.43. The van der Waals surface area contributed by atoms with Crippen molar-refractivity contribution in [3.8, 4) is 6.07 Å². The highest BCUT2D eigenvalue weighted by Gasteiger charge is 2.20. The van der Waals surface area contributed by atoms with Gasteiger partial charge in [0.25, 0.3) is 0 Å². The Labute approximate surface area is 105 Å². The van der Waals surface area contributed by atoms with Crippen molar-refractivity contribution in [2.24, 2.45) is 5.92 Å². The van der Waals surface area contributed by atoms with Gasteiger partial charge < -0.3 is 4.90 Å². The third-order valence-corrected chi connectivity index (χ3v) is 2.66. The van der Waals surface area contributed by atoms with Crippen LogP contribution in [0.3, 0.4) is 0 Å². The van der Waals surface area contributed by atoms with E-state index in [9.17, 15) is 13.6 Å². The summed E-state index contributed by atoms with van der Waals surface area (Å²) in [5.41, 5.74) is 0.222. The summed E-state index contributed by atoms with van der Waals surface area (Å²) in [6.07, 6.45) is 0.408.